The fourth-order valence-electron chi connectivity index (χ4n) is 2.67. The molecule has 0 unspecified atom stereocenters. The molecule has 0 atom stereocenters. The van der Waals surface area contributed by atoms with Crippen molar-refractivity contribution in [2.75, 3.05) is 0 Å². The van der Waals surface area contributed by atoms with Gasteiger partial charge in [0.05, 0.1) is 11.6 Å². The molecule has 126 valence electrons. The van der Waals surface area contributed by atoms with E-state index in [2.05, 4.69) is 6.07 Å². The summed E-state index contributed by atoms with van der Waals surface area (Å²) in [4.78, 5) is 12.4. The summed E-state index contributed by atoms with van der Waals surface area (Å²) in [6, 6.07) is 13.2. The Morgan fingerprint density at radius 3 is 2.64 bits per heavy atom. The molecule has 0 amide bonds. The largest absolute Gasteiger partial charge is 0.342 e. The minimum Gasteiger partial charge on any atom is -0.342 e. The van der Waals surface area contributed by atoms with Crippen LogP contribution < -0.4 is 0 Å². The number of hydrogen-bond acceptors (Lipinski definition) is 2. The van der Waals surface area contributed by atoms with Crippen molar-refractivity contribution in [1.82, 2.24) is 4.57 Å². The van der Waals surface area contributed by atoms with Crippen molar-refractivity contribution in [1.29, 1.82) is 5.26 Å². The fourth-order valence-corrected chi connectivity index (χ4v) is 2.98. The van der Waals surface area contributed by atoms with E-state index >= 15 is 0 Å². The molecule has 7 heteroatoms. The van der Waals surface area contributed by atoms with Gasteiger partial charge < -0.3 is 4.57 Å². The second-order valence-electron chi connectivity index (χ2n) is 5.47. The van der Waals surface area contributed by atoms with Gasteiger partial charge in [-0.1, -0.05) is 46.9 Å². The van der Waals surface area contributed by atoms with E-state index in [9.17, 15) is 9.18 Å². The summed E-state index contributed by atoms with van der Waals surface area (Å²) in [7, 11) is 0. The van der Waals surface area contributed by atoms with Gasteiger partial charge >= 0.3 is 0 Å². The molecule has 0 N–H and O–H groups in total. The van der Waals surface area contributed by atoms with E-state index in [1.165, 1.54) is 18.3 Å². The van der Waals surface area contributed by atoms with Crippen LogP contribution >= 0.6 is 34.8 Å². The first-order valence-electron chi connectivity index (χ1n) is 7.18. The number of alkyl halides is 3. The zero-order valence-corrected chi connectivity index (χ0v) is 14.9. The van der Waals surface area contributed by atoms with Gasteiger partial charge in [-0.2, -0.15) is 5.26 Å². The Morgan fingerprint density at radius 2 is 1.96 bits per heavy atom. The number of Topliss-reactive ketones (excluding diaryl/α,β-unsaturated/α-hetero) is 1. The van der Waals surface area contributed by atoms with Crippen LogP contribution in [0.2, 0.25) is 0 Å². The second-order valence-corrected chi connectivity index (χ2v) is 7.75. The van der Waals surface area contributed by atoms with E-state index < -0.39 is 15.4 Å². The molecule has 3 nitrogen and oxygen atoms in total. The van der Waals surface area contributed by atoms with Gasteiger partial charge in [-0.05, 0) is 35.9 Å². The highest BCUT2D eigenvalue weighted by Crippen LogP contribution is 2.34. The van der Waals surface area contributed by atoms with Crippen LogP contribution in [0.4, 0.5) is 4.39 Å². The van der Waals surface area contributed by atoms with Crippen molar-refractivity contribution in [3.8, 4) is 6.07 Å². The Balaban J connectivity index is 2.13. The lowest BCUT2D eigenvalue weighted by Crippen LogP contribution is -2.18. The molecule has 0 aliphatic heterocycles. The lowest BCUT2D eigenvalue weighted by Gasteiger charge is -2.08. The van der Waals surface area contributed by atoms with E-state index in [0.717, 1.165) is 5.56 Å². The van der Waals surface area contributed by atoms with Crippen LogP contribution in [0.25, 0.3) is 10.9 Å². The number of carbonyl (C=O) groups excluding carboxylic acids is 1. The average molecular weight is 396 g/mol. The van der Waals surface area contributed by atoms with Gasteiger partial charge in [-0.25, -0.2) is 4.39 Å². The molecule has 3 rings (SSSR count). The number of nitrogens with zero attached hydrogens (tertiary/aromatic N) is 2. The molecule has 0 aliphatic rings. The molecule has 0 saturated carbocycles. The Morgan fingerprint density at radius 1 is 1.20 bits per heavy atom. The fraction of sp³-hybridized carbons (Fsp3) is 0.111. The monoisotopic (exact) mass is 394 g/mol. The quantitative estimate of drug-likeness (QED) is 0.449. The molecular formula is C18H10Cl3FN2O. The lowest BCUT2D eigenvalue weighted by molar-refractivity contribution is 0.0997. The van der Waals surface area contributed by atoms with E-state index in [1.807, 2.05) is 6.07 Å². The first kappa shape index (κ1) is 17.8. The highest BCUT2D eigenvalue weighted by atomic mass is 35.6. The summed E-state index contributed by atoms with van der Waals surface area (Å²) in [6.07, 6.45) is 1.54. The van der Waals surface area contributed by atoms with Gasteiger partial charge in [0.25, 0.3) is 3.79 Å². The molecule has 1 heterocycles. The summed E-state index contributed by atoms with van der Waals surface area (Å²) >= 11 is 17.1. The van der Waals surface area contributed by atoms with E-state index in [-0.39, 0.29) is 5.56 Å². The molecule has 0 fully saturated rings. The zero-order valence-electron chi connectivity index (χ0n) is 12.6. The summed E-state index contributed by atoms with van der Waals surface area (Å²) in [6.45, 7) is 0.380. The lowest BCUT2D eigenvalue weighted by atomic mass is 10.1. The Labute approximate surface area is 158 Å². The first-order chi connectivity index (χ1) is 11.8. The molecule has 0 aliphatic carbocycles. The van der Waals surface area contributed by atoms with Crippen LogP contribution in [0.3, 0.4) is 0 Å². The summed E-state index contributed by atoms with van der Waals surface area (Å²) < 4.78 is 13.3. The maximum Gasteiger partial charge on any atom is 0.253 e. The number of benzene rings is 2. The van der Waals surface area contributed by atoms with E-state index in [1.54, 1.807) is 28.8 Å². The maximum atomic E-state index is 13.7. The molecular weight excluding hydrogens is 386 g/mol. The van der Waals surface area contributed by atoms with Crippen molar-refractivity contribution in [2.45, 2.75) is 10.3 Å². The molecule has 0 bridgehead atoms. The number of rotatable bonds is 3. The third-order valence-electron chi connectivity index (χ3n) is 3.75. The summed E-state index contributed by atoms with van der Waals surface area (Å²) in [5.74, 6) is -1.22. The predicted octanol–water partition coefficient (Wildman–Crippen LogP) is 5.25. The number of ketones is 1. The number of hydrogen-bond donors (Lipinski definition) is 0. The number of carbonyl (C=O) groups is 1. The highest BCUT2D eigenvalue weighted by molar-refractivity contribution is 6.77. The SMILES string of the molecule is N#Cc1cccc(Cn2cc(C(=O)C(Cl)(Cl)Cl)c3cc(F)ccc32)c1. The second kappa shape index (κ2) is 6.68. The Hall–Kier alpha value is -2.06. The highest BCUT2D eigenvalue weighted by Gasteiger charge is 2.34. The van der Waals surface area contributed by atoms with Crippen LogP contribution in [-0.2, 0) is 6.54 Å². The molecule has 1 aromatic heterocycles. The van der Waals surface area contributed by atoms with Crippen molar-refractivity contribution < 1.29 is 9.18 Å². The Kier molecular flexibility index (Phi) is 4.75. The zero-order chi connectivity index (χ0) is 18.2. The third kappa shape index (κ3) is 3.64. The van der Waals surface area contributed by atoms with Crippen molar-refractivity contribution in [3.05, 3.63) is 71.2 Å². The van der Waals surface area contributed by atoms with Gasteiger partial charge in [0.2, 0.25) is 5.78 Å². The summed E-state index contributed by atoms with van der Waals surface area (Å²) in [5, 5.41) is 9.38. The normalized spacial score (nSPS) is 11.5. The minimum atomic E-state index is -2.13. The van der Waals surface area contributed by atoms with Crippen LogP contribution in [0.15, 0.2) is 48.7 Å². The molecule has 0 saturated heterocycles. The Bertz CT molecular complexity index is 1020. The number of fused-ring (bicyclic) bond motifs is 1. The maximum absolute atomic E-state index is 13.7. The van der Waals surface area contributed by atoms with E-state index in [0.29, 0.717) is 23.0 Å². The molecule has 3 aromatic rings. The van der Waals surface area contributed by atoms with Gasteiger partial charge in [0.15, 0.2) is 0 Å². The number of halogens is 4. The van der Waals surface area contributed by atoms with Gasteiger partial charge in [0.1, 0.15) is 5.82 Å². The van der Waals surface area contributed by atoms with Gasteiger partial charge in [-0.15, -0.1) is 0 Å². The topological polar surface area (TPSA) is 45.8 Å². The van der Waals surface area contributed by atoms with Crippen molar-refractivity contribution in [2.24, 2.45) is 0 Å². The molecule has 0 radical (unpaired) electrons. The third-order valence-corrected chi connectivity index (χ3v) is 4.27. The van der Waals surface area contributed by atoms with Crippen molar-refractivity contribution in [3.63, 3.8) is 0 Å². The van der Waals surface area contributed by atoms with Crippen molar-refractivity contribution >= 4 is 51.5 Å². The first-order valence-corrected chi connectivity index (χ1v) is 8.32. The van der Waals surface area contributed by atoms with Gasteiger partial charge in [0, 0.05) is 29.2 Å². The van der Waals surface area contributed by atoms with Crippen LogP contribution in [0, 0.1) is 17.1 Å². The molecule has 2 aromatic carbocycles. The van der Waals surface area contributed by atoms with Crippen LogP contribution in [0.1, 0.15) is 21.5 Å². The van der Waals surface area contributed by atoms with Crippen LogP contribution in [-0.4, -0.2) is 14.1 Å². The minimum absolute atomic E-state index is 0.130. The molecule has 0 spiro atoms. The average Bonchev–Trinajstić information content (AvgIpc) is 2.91. The standard InChI is InChI=1S/C18H10Cl3FN2O/c19-18(20,21)17(25)15-10-24(16-5-4-13(22)7-14(15)16)9-12-3-1-2-11(6-12)8-23/h1-7,10H,9H2. The number of nitriles is 1. The predicted molar refractivity (Wildman–Crippen MR) is 96.8 cm³/mol. The number of aromatic nitrogens is 1. The summed E-state index contributed by atoms with van der Waals surface area (Å²) in [5.41, 5.74) is 2.14. The smallest absolute Gasteiger partial charge is 0.253 e. The van der Waals surface area contributed by atoms with E-state index in [4.69, 9.17) is 40.1 Å². The molecule has 25 heavy (non-hydrogen) atoms. The van der Waals surface area contributed by atoms with Crippen LogP contribution in [0.5, 0.6) is 0 Å². The van der Waals surface area contributed by atoms with Gasteiger partial charge in [-0.3, -0.25) is 4.79 Å².